The highest BCUT2D eigenvalue weighted by molar-refractivity contribution is 9.10. The Labute approximate surface area is 162 Å². The van der Waals surface area contributed by atoms with E-state index < -0.39 is 21.3 Å². The summed E-state index contributed by atoms with van der Waals surface area (Å²) in [6.45, 7) is 1.86. The zero-order valence-electron chi connectivity index (χ0n) is 13.4. The topological polar surface area (TPSA) is 89.5 Å². The van der Waals surface area contributed by atoms with E-state index in [1.165, 1.54) is 24.3 Å². The van der Waals surface area contributed by atoms with Crippen LogP contribution in [0, 0.1) is 6.92 Å². The van der Waals surface area contributed by atoms with Crippen LogP contribution >= 0.6 is 27.7 Å². The number of halogens is 1. The van der Waals surface area contributed by atoms with Crippen LogP contribution in [0.15, 0.2) is 56.7 Å². The van der Waals surface area contributed by atoms with Crippen LogP contribution in [0.3, 0.4) is 0 Å². The molecule has 0 spiro atoms. The fourth-order valence-electron chi connectivity index (χ4n) is 2.12. The van der Waals surface area contributed by atoms with Crippen molar-refractivity contribution in [2.24, 2.45) is 0 Å². The minimum atomic E-state index is -3.96. The monoisotopic (exact) mass is 453 g/mol. The number of carbonyl (C=O) groups excluding carboxylic acids is 2. The maximum atomic E-state index is 12.4. The van der Waals surface area contributed by atoms with E-state index in [1.54, 1.807) is 24.3 Å². The third-order valence-corrected chi connectivity index (χ3v) is 6.08. The number of hydrogen-bond acceptors (Lipinski definition) is 6. The number of rotatable bonds is 4. The van der Waals surface area contributed by atoms with Gasteiger partial charge in [-0.2, -0.15) is 8.42 Å². The van der Waals surface area contributed by atoms with Gasteiger partial charge in [-0.25, -0.2) is 0 Å². The molecule has 2 aromatic carbocycles. The fraction of sp³-hybridized carbons (Fsp3) is 0.0588. The van der Waals surface area contributed by atoms with E-state index in [1.807, 2.05) is 6.92 Å². The van der Waals surface area contributed by atoms with Crippen LogP contribution in [0.5, 0.6) is 5.75 Å². The summed E-state index contributed by atoms with van der Waals surface area (Å²) in [5.74, 6) is -0.342. The molecule has 1 aliphatic rings. The summed E-state index contributed by atoms with van der Waals surface area (Å²) in [6.07, 6.45) is 1.54. The molecule has 1 heterocycles. The van der Waals surface area contributed by atoms with Crippen LogP contribution < -0.4 is 9.50 Å². The number of nitrogens with one attached hydrogen (secondary N) is 1. The smallest absolute Gasteiger partial charge is 0.339 e. The van der Waals surface area contributed by atoms with Crippen LogP contribution in [0.1, 0.15) is 11.1 Å². The van der Waals surface area contributed by atoms with Gasteiger partial charge in [-0.1, -0.05) is 23.8 Å². The van der Waals surface area contributed by atoms with Crippen LogP contribution in [0.25, 0.3) is 6.08 Å². The summed E-state index contributed by atoms with van der Waals surface area (Å²) in [7, 11) is -3.96. The van der Waals surface area contributed by atoms with Gasteiger partial charge in [0, 0.05) is 0 Å². The molecule has 0 radical (unpaired) electrons. The summed E-state index contributed by atoms with van der Waals surface area (Å²) < 4.78 is 30.3. The molecule has 1 saturated heterocycles. The fourth-order valence-corrected chi connectivity index (χ4v) is 4.33. The second-order valence-electron chi connectivity index (χ2n) is 5.39. The summed E-state index contributed by atoms with van der Waals surface area (Å²) in [5.41, 5.74) is 1.55. The van der Waals surface area contributed by atoms with E-state index in [4.69, 9.17) is 4.18 Å². The lowest BCUT2D eigenvalue weighted by Gasteiger charge is -2.09. The molecular formula is C17H12BrNO5S2. The Kier molecular flexibility index (Phi) is 5.22. The number of amides is 2. The Bertz CT molecular complexity index is 1030. The first-order valence-electron chi connectivity index (χ1n) is 7.30. The lowest BCUT2D eigenvalue weighted by atomic mass is 10.2. The van der Waals surface area contributed by atoms with Crippen molar-refractivity contribution in [3.63, 3.8) is 0 Å². The molecule has 1 fully saturated rings. The number of imide groups is 1. The van der Waals surface area contributed by atoms with E-state index in [0.717, 1.165) is 17.3 Å². The molecule has 0 bridgehead atoms. The Morgan fingerprint density at radius 1 is 1.12 bits per heavy atom. The highest BCUT2D eigenvalue weighted by atomic mass is 79.9. The molecule has 2 amide bonds. The van der Waals surface area contributed by atoms with E-state index in [2.05, 4.69) is 21.2 Å². The molecule has 6 nitrogen and oxygen atoms in total. The summed E-state index contributed by atoms with van der Waals surface area (Å²) in [4.78, 5) is 23.1. The van der Waals surface area contributed by atoms with Gasteiger partial charge < -0.3 is 4.18 Å². The molecule has 0 atom stereocenters. The Morgan fingerprint density at radius 2 is 1.81 bits per heavy atom. The maximum absolute atomic E-state index is 12.4. The van der Waals surface area contributed by atoms with E-state index in [9.17, 15) is 18.0 Å². The van der Waals surface area contributed by atoms with Gasteiger partial charge in [-0.05, 0) is 70.5 Å². The molecule has 1 aliphatic heterocycles. The molecule has 0 aromatic heterocycles. The standard InChI is InChI=1S/C17H12BrNO5S2/c1-10-2-5-12(6-3-10)26(22,23)24-14-7-4-11(8-13(14)18)9-15-16(20)19-17(21)25-15/h2-9H,1H3,(H,19,20,21)/b15-9-. The Hall–Kier alpha value is -2.10. The van der Waals surface area contributed by atoms with Gasteiger partial charge in [-0.3, -0.25) is 14.9 Å². The van der Waals surface area contributed by atoms with Crippen LogP contribution in [0.4, 0.5) is 4.79 Å². The van der Waals surface area contributed by atoms with Crippen molar-refractivity contribution in [3.8, 4) is 5.75 Å². The van der Waals surface area contributed by atoms with Crippen LogP contribution in [-0.2, 0) is 14.9 Å². The lowest BCUT2D eigenvalue weighted by molar-refractivity contribution is -0.115. The molecule has 1 N–H and O–H groups in total. The first kappa shape index (κ1) is 18.7. The van der Waals surface area contributed by atoms with Gasteiger partial charge in [0.25, 0.3) is 11.1 Å². The molecule has 3 rings (SSSR count). The average Bonchev–Trinajstić information content (AvgIpc) is 2.88. The van der Waals surface area contributed by atoms with Crippen molar-refractivity contribution in [1.82, 2.24) is 5.32 Å². The summed E-state index contributed by atoms with van der Waals surface area (Å²) >= 11 is 4.07. The number of thioether (sulfide) groups is 1. The van der Waals surface area contributed by atoms with Gasteiger partial charge in [0.15, 0.2) is 5.75 Å². The first-order valence-corrected chi connectivity index (χ1v) is 10.3. The number of aryl methyl sites for hydroxylation is 1. The van der Waals surface area contributed by atoms with Crippen molar-refractivity contribution < 1.29 is 22.2 Å². The second-order valence-corrected chi connectivity index (χ2v) is 8.81. The minimum absolute atomic E-state index is 0.0544. The molecule has 26 heavy (non-hydrogen) atoms. The number of hydrogen-bond donors (Lipinski definition) is 1. The highest BCUT2D eigenvalue weighted by Gasteiger charge is 2.25. The van der Waals surface area contributed by atoms with E-state index in [-0.39, 0.29) is 15.6 Å². The Morgan fingerprint density at radius 3 is 2.38 bits per heavy atom. The predicted octanol–water partition coefficient (Wildman–Crippen LogP) is 3.85. The number of carbonyl (C=O) groups is 2. The molecule has 0 saturated carbocycles. The molecule has 134 valence electrons. The zero-order valence-corrected chi connectivity index (χ0v) is 16.6. The third kappa shape index (κ3) is 4.17. The van der Waals surface area contributed by atoms with Crippen molar-refractivity contribution in [3.05, 3.63) is 63.0 Å². The van der Waals surface area contributed by atoms with Crippen LogP contribution in [-0.4, -0.2) is 19.6 Å². The van der Waals surface area contributed by atoms with Gasteiger partial charge >= 0.3 is 10.1 Å². The molecule has 9 heteroatoms. The first-order chi connectivity index (χ1) is 12.2. The molecule has 0 aliphatic carbocycles. The third-order valence-electron chi connectivity index (χ3n) is 3.40. The minimum Gasteiger partial charge on any atom is -0.378 e. The average molecular weight is 454 g/mol. The summed E-state index contributed by atoms with van der Waals surface area (Å²) in [6, 6.07) is 11.0. The van der Waals surface area contributed by atoms with Crippen LogP contribution in [0.2, 0.25) is 0 Å². The van der Waals surface area contributed by atoms with Gasteiger partial charge in [0.2, 0.25) is 0 Å². The number of benzene rings is 2. The van der Waals surface area contributed by atoms with Gasteiger partial charge in [0.1, 0.15) is 4.90 Å². The van der Waals surface area contributed by atoms with Gasteiger partial charge in [-0.15, -0.1) is 0 Å². The van der Waals surface area contributed by atoms with E-state index in [0.29, 0.717) is 10.0 Å². The SMILES string of the molecule is Cc1ccc(S(=O)(=O)Oc2ccc(/C=C3\SC(=O)NC3=O)cc2Br)cc1. The van der Waals surface area contributed by atoms with Gasteiger partial charge in [0.05, 0.1) is 9.38 Å². The maximum Gasteiger partial charge on any atom is 0.339 e. The second kappa shape index (κ2) is 7.26. The predicted molar refractivity (Wildman–Crippen MR) is 102 cm³/mol. The van der Waals surface area contributed by atoms with Crippen molar-refractivity contribution in [1.29, 1.82) is 0 Å². The summed E-state index contributed by atoms with van der Waals surface area (Å²) in [5, 5.41) is 1.74. The normalized spacial score (nSPS) is 16.0. The molecular weight excluding hydrogens is 442 g/mol. The lowest BCUT2D eigenvalue weighted by Crippen LogP contribution is -2.17. The van der Waals surface area contributed by atoms with Crippen molar-refractivity contribution in [2.75, 3.05) is 0 Å². The molecule has 0 unspecified atom stereocenters. The quantitative estimate of drug-likeness (QED) is 0.558. The zero-order chi connectivity index (χ0) is 18.9. The Balaban J connectivity index is 1.84. The van der Waals surface area contributed by atoms with Crippen molar-refractivity contribution in [2.45, 2.75) is 11.8 Å². The van der Waals surface area contributed by atoms with E-state index >= 15 is 0 Å². The molecule has 2 aromatic rings. The highest BCUT2D eigenvalue weighted by Crippen LogP contribution is 2.31. The van der Waals surface area contributed by atoms with Crippen molar-refractivity contribution >= 4 is 55.0 Å². The largest absolute Gasteiger partial charge is 0.378 e.